The first-order valence-electron chi connectivity index (χ1n) is 7.56. The van der Waals surface area contributed by atoms with Crippen LogP contribution in [0.1, 0.15) is 15.9 Å². The summed E-state index contributed by atoms with van der Waals surface area (Å²) in [7, 11) is 0. The normalized spacial score (nSPS) is 10.6. The van der Waals surface area contributed by atoms with Crippen molar-refractivity contribution in [3.8, 4) is 11.4 Å². The van der Waals surface area contributed by atoms with Crippen molar-refractivity contribution in [3.05, 3.63) is 58.1 Å². The van der Waals surface area contributed by atoms with Gasteiger partial charge in [-0.15, -0.1) is 16.9 Å². The van der Waals surface area contributed by atoms with Gasteiger partial charge in [-0.2, -0.15) is 10.3 Å². The summed E-state index contributed by atoms with van der Waals surface area (Å²) in [6.45, 7) is 2.36. The molecule has 3 aromatic rings. The number of nitrogens with zero attached hydrogens (tertiary/aromatic N) is 3. The molecular formula is C16H16N6O2S. The van der Waals surface area contributed by atoms with E-state index in [0.29, 0.717) is 18.1 Å². The van der Waals surface area contributed by atoms with Crippen molar-refractivity contribution in [3.63, 3.8) is 0 Å². The molecule has 2 heterocycles. The van der Waals surface area contributed by atoms with Crippen LogP contribution < -0.4 is 10.9 Å². The third-order valence-electron chi connectivity index (χ3n) is 3.37. The van der Waals surface area contributed by atoms with E-state index in [4.69, 9.17) is 0 Å². The van der Waals surface area contributed by atoms with Gasteiger partial charge in [-0.3, -0.25) is 9.59 Å². The number of amides is 1. The Morgan fingerprint density at radius 3 is 2.92 bits per heavy atom. The molecule has 3 N–H and O–H groups in total. The largest absolute Gasteiger partial charge is 0.351 e. The number of aromatic nitrogens is 5. The van der Waals surface area contributed by atoms with Crippen LogP contribution in [-0.2, 0) is 0 Å². The van der Waals surface area contributed by atoms with Gasteiger partial charge in [0.2, 0.25) is 0 Å². The van der Waals surface area contributed by atoms with Gasteiger partial charge in [-0.25, -0.2) is 4.98 Å². The number of H-pyrrole nitrogens is 2. The number of benzene rings is 1. The summed E-state index contributed by atoms with van der Waals surface area (Å²) in [5.74, 6) is 0.600. The molecular weight excluding hydrogens is 340 g/mol. The molecule has 0 aliphatic heterocycles. The summed E-state index contributed by atoms with van der Waals surface area (Å²) in [4.78, 5) is 31.1. The highest BCUT2D eigenvalue weighted by Gasteiger charge is 2.12. The van der Waals surface area contributed by atoms with Crippen molar-refractivity contribution in [2.75, 3.05) is 12.3 Å². The van der Waals surface area contributed by atoms with Gasteiger partial charge in [-0.05, 0) is 13.0 Å². The standard InChI is InChI=1S/C16H16N6O2S/c1-10-3-2-4-11(7-10)14-18-8-12(16(24)20-14)15(23)17-5-6-25-13-9-19-22-21-13/h2-4,7-9H,5-6H2,1H3,(H,17,23)(H,18,20,24)(H,19,21,22). The molecule has 1 aromatic carbocycles. The maximum Gasteiger partial charge on any atom is 0.264 e. The average Bonchev–Trinajstić information content (AvgIpc) is 3.12. The zero-order valence-corrected chi connectivity index (χ0v) is 14.3. The van der Waals surface area contributed by atoms with Crippen LogP contribution in [0.15, 0.2) is 46.5 Å². The second-order valence-electron chi connectivity index (χ2n) is 5.26. The molecule has 3 rings (SSSR count). The zero-order chi connectivity index (χ0) is 17.6. The smallest absolute Gasteiger partial charge is 0.264 e. The van der Waals surface area contributed by atoms with E-state index in [1.54, 1.807) is 6.20 Å². The Kier molecular flexibility index (Phi) is 5.24. The first-order chi connectivity index (χ1) is 12.1. The number of hydrogen-bond acceptors (Lipinski definition) is 6. The number of aromatic amines is 2. The van der Waals surface area contributed by atoms with E-state index in [1.165, 1.54) is 18.0 Å². The van der Waals surface area contributed by atoms with Crippen molar-refractivity contribution in [2.24, 2.45) is 0 Å². The SMILES string of the molecule is Cc1cccc(-c2ncc(C(=O)NCCSc3cn[nH]n3)c(=O)[nH]2)c1. The van der Waals surface area contributed by atoms with Crippen LogP contribution in [0.4, 0.5) is 0 Å². The number of nitrogens with one attached hydrogen (secondary N) is 3. The van der Waals surface area contributed by atoms with Crippen molar-refractivity contribution in [1.29, 1.82) is 0 Å². The van der Waals surface area contributed by atoms with E-state index in [-0.39, 0.29) is 5.56 Å². The molecule has 0 radical (unpaired) electrons. The molecule has 128 valence electrons. The lowest BCUT2D eigenvalue weighted by Gasteiger charge is -2.05. The zero-order valence-electron chi connectivity index (χ0n) is 13.4. The topological polar surface area (TPSA) is 116 Å². The van der Waals surface area contributed by atoms with Gasteiger partial charge in [0, 0.05) is 24.1 Å². The van der Waals surface area contributed by atoms with E-state index in [0.717, 1.165) is 16.2 Å². The van der Waals surface area contributed by atoms with Gasteiger partial charge in [-0.1, -0.05) is 23.8 Å². The minimum atomic E-state index is -0.465. The Labute approximate surface area is 147 Å². The molecule has 1 amide bonds. The highest BCUT2D eigenvalue weighted by molar-refractivity contribution is 7.99. The minimum absolute atomic E-state index is 0.0113. The van der Waals surface area contributed by atoms with Gasteiger partial charge in [0.1, 0.15) is 16.4 Å². The second kappa shape index (κ2) is 7.75. The fourth-order valence-electron chi connectivity index (χ4n) is 2.17. The highest BCUT2D eigenvalue weighted by atomic mass is 32.2. The van der Waals surface area contributed by atoms with Crippen LogP contribution in [0.2, 0.25) is 0 Å². The first-order valence-corrected chi connectivity index (χ1v) is 8.55. The molecule has 2 aromatic heterocycles. The molecule has 0 unspecified atom stereocenters. The molecule has 25 heavy (non-hydrogen) atoms. The van der Waals surface area contributed by atoms with Gasteiger partial charge in [0.25, 0.3) is 11.5 Å². The van der Waals surface area contributed by atoms with Crippen molar-refractivity contribution in [1.82, 2.24) is 30.7 Å². The monoisotopic (exact) mass is 356 g/mol. The molecule has 8 nitrogen and oxygen atoms in total. The molecule has 0 aliphatic carbocycles. The summed E-state index contributed by atoms with van der Waals surface area (Å²) in [6, 6.07) is 7.61. The van der Waals surface area contributed by atoms with Crippen LogP contribution in [0, 0.1) is 6.92 Å². The maximum atomic E-state index is 12.2. The van der Waals surface area contributed by atoms with E-state index >= 15 is 0 Å². The van der Waals surface area contributed by atoms with E-state index in [9.17, 15) is 9.59 Å². The Balaban J connectivity index is 1.62. The Bertz CT molecular complexity index is 922. The molecule has 0 saturated heterocycles. The molecule has 0 saturated carbocycles. The Hall–Kier alpha value is -2.94. The fourth-order valence-corrected chi connectivity index (χ4v) is 2.82. The summed E-state index contributed by atoms with van der Waals surface area (Å²) in [6.07, 6.45) is 2.90. The van der Waals surface area contributed by atoms with Gasteiger partial charge < -0.3 is 10.3 Å². The van der Waals surface area contributed by atoms with Gasteiger partial charge in [0.15, 0.2) is 0 Å². The molecule has 0 spiro atoms. The fraction of sp³-hybridized carbons (Fsp3) is 0.188. The molecule has 9 heteroatoms. The first kappa shape index (κ1) is 16.9. The Morgan fingerprint density at radius 1 is 1.32 bits per heavy atom. The van der Waals surface area contributed by atoms with Crippen LogP contribution in [0.3, 0.4) is 0 Å². The number of carbonyl (C=O) groups excluding carboxylic acids is 1. The average molecular weight is 356 g/mol. The van der Waals surface area contributed by atoms with E-state index < -0.39 is 11.5 Å². The summed E-state index contributed by atoms with van der Waals surface area (Å²) in [5.41, 5.74) is 1.38. The minimum Gasteiger partial charge on any atom is -0.351 e. The molecule has 0 fully saturated rings. The number of carbonyl (C=O) groups is 1. The summed E-state index contributed by atoms with van der Waals surface area (Å²) < 4.78 is 0. The van der Waals surface area contributed by atoms with Crippen molar-refractivity contribution in [2.45, 2.75) is 11.9 Å². The van der Waals surface area contributed by atoms with Gasteiger partial charge >= 0.3 is 0 Å². The predicted octanol–water partition coefficient (Wildman–Crippen LogP) is 1.39. The summed E-state index contributed by atoms with van der Waals surface area (Å²) in [5, 5.41) is 13.5. The highest BCUT2D eigenvalue weighted by Crippen LogP contribution is 2.14. The van der Waals surface area contributed by atoms with Crippen molar-refractivity contribution < 1.29 is 4.79 Å². The maximum absolute atomic E-state index is 12.2. The molecule has 0 atom stereocenters. The molecule has 0 aliphatic rings. The Morgan fingerprint density at radius 2 is 2.20 bits per heavy atom. The quantitative estimate of drug-likeness (QED) is 0.454. The van der Waals surface area contributed by atoms with Crippen LogP contribution in [-0.4, -0.2) is 43.6 Å². The third kappa shape index (κ3) is 4.32. The number of thioether (sulfide) groups is 1. The lowest BCUT2D eigenvalue weighted by atomic mass is 10.1. The number of aryl methyl sites for hydroxylation is 1. The van der Waals surface area contributed by atoms with E-state index in [2.05, 4.69) is 30.7 Å². The molecule has 0 bridgehead atoms. The second-order valence-corrected chi connectivity index (χ2v) is 6.37. The van der Waals surface area contributed by atoms with Crippen LogP contribution in [0.25, 0.3) is 11.4 Å². The number of rotatable bonds is 6. The summed E-state index contributed by atoms with van der Waals surface area (Å²) >= 11 is 1.45. The predicted molar refractivity (Wildman–Crippen MR) is 94.5 cm³/mol. The lowest BCUT2D eigenvalue weighted by molar-refractivity contribution is 0.0954. The lowest BCUT2D eigenvalue weighted by Crippen LogP contribution is -2.31. The van der Waals surface area contributed by atoms with Crippen LogP contribution in [0.5, 0.6) is 0 Å². The number of hydrogen-bond donors (Lipinski definition) is 3. The van der Waals surface area contributed by atoms with Crippen LogP contribution >= 0.6 is 11.8 Å². The third-order valence-corrected chi connectivity index (χ3v) is 4.27. The van der Waals surface area contributed by atoms with Crippen molar-refractivity contribution >= 4 is 17.7 Å². The van der Waals surface area contributed by atoms with E-state index in [1.807, 2.05) is 31.2 Å². The van der Waals surface area contributed by atoms with Gasteiger partial charge in [0.05, 0.1) is 6.20 Å².